The van der Waals surface area contributed by atoms with Gasteiger partial charge < -0.3 is 20.9 Å². The van der Waals surface area contributed by atoms with Crippen LogP contribution in [0.5, 0.6) is 11.5 Å². The van der Waals surface area contributed by atoms with Crippen molar-refractivity contribution in [2.24, 2.45) is 22.4 Å². The molecule has 4 rings (SSSR count). The Morgan fingerprint density at radius 2 is 1.66 bits per heavy atom. The highest BCUT2D eigenvalue weighted by Crippen LogP contribution is 2.41. The minimum absolute atomic E-state index is 0.266. The Morgan fingerprint density at radius 3 is 2.20 bits per heavy atom. The summed E-state index contributed by atoms with van der Waals surface area (Å²) in [6.45, 7) is 9.74. The fraction of sp³-hybridized carbons (Fsp3) is 0.464. The van der Waals surface area contributed by atoms with Crippen LogP contribution in [0.3, 0.4) is 0 Å². The second-order valence-electron chi connectivity index (χ2n) is 9.60. The first-order valence-electron chi connectivity index (χ1n) is 12.5. The fourth-order valence-corrected chi connectivity index (χ4v) is 5.21. The summed E-state index contributed by atoms with van der Waals surface area (Å²) < 4.78 is 25.6. The molecular formula is C28H37FN4O2. The molecule has 2 aromatic carbocycles. The Bertz CT molecular complexity index is 1060. The molecule has 1 unspecified atom stereocenters. The number of nitrogens with two attached hydrogens (primary N) is 2. The number of halogens is 1. The van der Waals surface area contributed by atoms with Gasteiger partial charge in [0, 0.05) is 12.8 Å². The smallest absolute Gasteiger partial charge is 0.131 e. The van der Waals surface area contributed by atoms with Gasteiger partial charge in [-0.25, -0.2) is 9.38 Å². The first kappa shape index (κ1) is 25.2. The van der Waals surface area contributed by atoms with E-state index >= 15 is 0 Å². The summed E-state index contributed by atoms with van der Waals surface area (Å²) in [5.74, 6) is 2.23. The monoisotopic (exact) mass is 480 g/mol. The summed E-state index contributed by atoms with van der Waals surface area (Å²) in [6.07, 6.45) is 4.67. The first-order valence-corrected chi connectivity index (χ1v) is 12.5. The maximum absolute atomic E-state index is 13.5. The van der Waals surface area contributed by atoms with Gasteiger partial charge in [0.25, 0.3) is 0 Å². The van der Waals surface area contributed by atoms with E-state index in [1.165, 1.54) is 12.1 Å². The molecule has 0 bridgehead atoms. The summed E-state index contributed by atoms with van der Waals surface area (Å²) in [7, 11) is 0. The Balaban J connectivity index is 1.51. The fourth-order valence-electron chi connectivity index (χ4n) is 5.21. The molecule has 7 heteroatoms. The largest absolute Gasteiger partial charge is 0.493 e. The lowest BCUT2D eigenvalue weighted by atomic mass is 9.74. The summed E-state index contributed by atoms with van der Waals surface area (Å²) in [4.78, 5) is 6.82. The molecule has 188 valence electrons. The molecule has 0 aliphatic carbocycles. The minimum Gasteiger partial charge on any atom is -0.493 e. The van der Waals surface area contributed by atoms with Gasteiger partial charge >= 0.3 is 0 Å². The molecule has 2 aliphatic heterocycles. The van der Waals surface area contributed by atoms with Crippen LogP contribution >= 0.6 is 0 Å². The summed E-state index contributed by atoms with van der Waals surface area (Å²) in [5, 5.41) is 0. The zero-order chi connectivity index (χ0) is 25.0. The molecule has 0 saturated carbocycles. The van der Waals surface area contributed by atoms with E-state index in [1.807, 2.05) is 27.0 Å². The number of hydrogen-bond acceptors (Lipinski definition) is 6. The van der Waals surface area contributed by atoms with Crippen LogP contribution in [-0.2, 0) is 6.54 Å². The van der Waals surface area contributed by atoms with Crippen molar-refractivity contribution in [3.8, 4) is 22.6 Å². The van der Waals surface area contributed by atoms with E-state index in [0.717, 1.165) is 72.7 Å². The van der Waals surface area contributed by atoms with E-state index in [1.54, 1.807) is 12.1 Å². The summed E-state index contributed by atoms with van der Waals surface area (Å²) >= 11 is 0. The predicted molar refractivity (Wildman–Crippen MR) is 139 cm³/mol. The molecule has 2 heterocycles. The van der Waals surface area contributed by atoms with Crippen molar-refractivity contribution in [1.29, 1.82) is 0 Å². The van der Waals surface area contributed by atoms with Crippen LogP contribution < -0.4 is 20.9 Å². The van der Waals surface area contributed by atoms with Crippen molar-refractivity contribution < 1.29 is 13.9 Å². The molecule has 2 aromatic rings. The van der Waals surface area contributed by atoms with E-state index in [-0.39, 0.29) is 5.82 Å². The van der Waals surface area contributed by atoms with Gasteiger partial charge in [-0.05, 0) is 100 Å². The standard InChI is InChI=1S/C28H37FN4O2/c1-4-34-24-14-20(15-25(35-5-2)26(24)21-6-8-23(29)9-7-21)17-33-12-10-22(11-13-33)28(31)16-19(3)27(30)32-18-28/h6-9,14-15,18,22H,4-5,10-13,16-17,30-31H2,1-3H3. The maximum atomic E-state index is 13.5. The van der Waals surface area contributed by atoms with Crippen molar-refractivity contribution in [2.45, 2.75) is 52.1 Å². The normalized spacial score (nSPS) is 21.4. The first-order chi connectivity index (χ1) is 16.8. The average molecular weight is 481 g/mol. The van der Waals surface area contributed by atoms with Crippen molar-refractivity contribution in [2.75, 3.05) is 26.3 Å². The Labute approximate surface area is 207 Å². The van der Waals surface area contributed by atoms with Crippen LogP contribution in [0.15, 0.2) is 52.8 Å². The second kappa shape index (κ2) is 10.8. The third-order valence-corrected chi connectivity index (χ3v) is 7.06. The molecule has 1 fully saturated rings. The van der Waals surface area contributed by atoms with Gasteiger partial charge in [-0.15, -0.1) is 0 Å². The van der Waals surface area contributed by atoms with Gasteiger partial charge in [-0.2, -0.15) is 0 Å². The molecule has 0 amide bonds. The number of rotatable bonds is 8. The summed E-state index contributed by atoms with van der Waals surface area (Å²) in [5.41, 5.74) is 16.2. The zero-order valence-electron chi connectivity index (χ0n) is 21.0. The molecule has 6 nitrogen and oxygen atoms in total. The SMILES string of the molecule is CCOc1cc(CN2CCC(C3(N)C=NC(N)=C(C)C3)CC2)cc(OCC)c1-c1ccc(F)cc1. The Hall–Kier alpha value is -2.90. The van der Waals surface area contributed by atoms with Crippen LogP contribution in [0.4, 0.5) is 4.39 Å². The van der Waals surface area contributed by atoms with Crippen LogP contribution in [0.1, 0.15) is 45.6 Å². The topological polar surface area (TPSA) is 86.1 Å². The van der Waals surface area contributed by atoms with Gasteiger partial charge in [-0.3, -0.25) is 4.90 Å². The minimum atomic E-state index is -0.417. The van der Waals surface area contributed by atoms with Gasteiger partial charge in [-0.1, -0.05) is 12.1 Å². The van der Waals surface area contributed by atoms with Crippen LogP contribution in [0.25, 0.3) is 11.1 Å². The number of benzene rings is 2. The Morgan fingerprint density at radius 1 is 1.06 bits per heavy atom. The van der Waals surface area contributed by atoms with Crippen LogP contribution in [-0.4, -0.2) is 43.0 Å². The highest BCUT2D eigenvalue weighted by Gasteiger charge is 2.37. The van der Waals surface area contributed by atoms with Crippen molar-refractivity contribution in [3.05, 3.63) is 59.2 Å². The lowest BCUT2D eigenvalue weighted by Gasteiger charge is -2.42. The van der Waals surface area contributed by atoms with Crippen LogP contribution in [0.2, 0.25) is 0 Å². The van der Waals surface area contributed by atoms with Gasteiger partial charge in [0.2, 0.25) is 0 Å². The predicted octanol–water partition coefficient (Wildman–Crippen LogP) is 4.86. The Kier molecular flexibility index (Phi) is 7.77. The van der Waals surface area contributed by atoms with Gasteiger partial charge in [0.15, 0.2) is 0 Å². The second-order valence-corrected chi connectivity index (χ2v) is 9.60. The van der Waals surface area contributed by atoms with Crippen molar-refractivity contribution >= 4 is 6.21 Å². The molecule has 0 aromatic heterocycles. The lowest BCUT2D eigenvalue weighted by Crippen LogP contribution is -2.53. The van der Waals surface area contributed by atoms with Gasteiger partial charge in [0.05, 0.1) is 24.3 Å². The third-order valence-electron chi connectivity index (χ3n) is 7.06. The molecule has 0 radical (unpaired) electrons. The zero-order valence-corrected chi connectivity index (χ0v) is 21.0. The van der Waals surface area contributed by atoms with E-state index in [4.69, 9.17) is 20.9 Å². The molecule has 2 aliphatic rings. The molecule has 4 N–H and O–H groups in total. The molecule has 1 saturated heterocycles. The molecule has 35 heavy (non-hydrogen) atoms. The van der Waals surface area contributed by atoms with E-state index < -0.39 is 5.54 Å². The maximum Gasteiger partial charge on any atom is 0.131 e. The number of aliphatic imine (C=N–C) groups is 1. The molecule has 0 spiro atoms. The van der Waals surface area contributed by atoms with Crippen LogP contribution in [0, 0.1) is 11.7 Å². The third kappa shape index (κ3) is 5.68. The number of hydrogen-bond donors (Lipinski definition) is 2. The lowest BCUT2D eigenvalue weighted by molar-refractivity contribution is 0.148. The van der Waals surface area contributed by atoms with Crippen molar-refractivity contribution in [1.82, 2.24) is 4.90 Å². The number of likely N-dealkylation sites (tertiary alicyclic amines) is 1. The average Bonchev–Trinajstić information content (AvgIpc) is 2.83. The number of piperidine rings is 1. The van der Waals surface area contributed by atoms with Gasteiger partial charge in [0.1, 0.15) is 23.1 Å². The highest BCUT2D eigenvalue weighted by molar-refractivity contribution is 5.77. The van der Waals surface area contributed by atoms with E-state index in [9.17, 15) is 4.39 Å². The number of ether oxygens (including phenoxy) is 2. The van der Waals surface area contributed by atoms with Crippen molar-refractivity contribution in [3.63, 3.8) is 0 Å². The highest BCUT2D eigenvalue weighted by atomic mass is 19.1. The summed E-state index contributed by atoms with van der Waals surface area (Å²) in [6, 6.07) is 10.6. The quantitative estimate of drug-likeness (QED) is 0.563. The molecular weight excluding hydrogens is 443 g/mol. The molecule has 1 atom stereocenters. The van der Waals surface area contributed by atoms with E-state index in [2.05, 4.69) is 22.0 Å². The van der Waals surface area contributed by atoms with E-state index in [0.29, 0.717) is 25.0 Å². The number of nitrogens with zero attached hydrogens (tertiary/aromatic N) is 2.